The van der Waals surface area contributed by atoms with E-state index in [2.05, 4.69) is 54.4 Å². The van der Waals surface area contributed by atoms with E-state index in [1.54, 1.807) is 0 Å². The third-order valence-electron chi connectivity index (χ3n) is 6.91. The summed E-state index contributed by atoms with van der Waals surface area (Å²) in [5, 5.41) is 0. The van der Waals surface area contributed by atoms with E-state index in [-0.39, 0.29) is 12.4 Å². The highest BCUT2D eigenvalue weighted by molar-refractivity contribution is 5.85. The summed E-state index contributed by atoms with van der Waals surface area (Å²) in [6, 6.07) is 15.4. The van der Waals surface area contributed by atoms with Crippen LogP contribution in [0.1, 0.15) is 133 Å². The Hall–Kier alpha value is -1.34. The molecule has 0 aliphatic carbocycles. The van der Waals surface area contributed by atoms with Crippen LogP contribution in [0, 0.1) is 0 Å². The highest BCUT2D eigenvalue weighted by Gasteiger charge is 2.12. The quantitative estimate of drug-likeness (QED) is 0.175. The number of benzene rings is 1. The van der Waals surface area contributed by atoms with Crippen LogP contribution in [0.5, 0.6) is 0 Å². The summed E-state index contributed by atoms with van der Waals surface area (Å²) < 4.78 is 0. The minimum absolute atomic E-state index is 0. The Bertz CT molecular complexity index is 642. The number of halogens is 1. The van der Waals surface area contributed by atoms with E-state index in [0.717, 1.165) is 6.42 Å². The van der Waals surface area contributed by atoms with Crippen molar-refractivity contribution >= 4 is 12.4 Å². The van der Waals surface area contributed by atoms with Gasteiger partial charge in [0.2, 0.25) is 0 Å². The fourth-order valence-electron chi connectivity index (χ4n) is 4.86. The molecular weight excluding hydrogens is 422 g/mol. The molecule has 2 rings (SSSR count). The molecule has 1 heterocycles. The molecule has 1 aromatic heterocycles. The van der Waals surface area contributed by atoms with Gasteiger partial charge in [-0.3, -0.25) is 4.98 Å². The SMILES string of the molecule is CCCCCCCCCCCCCCCCCCC(Cc1ccccc1)c1ccncc1.Cl. The van der Waals surface area contributed by atoms with Crippen LogP contribution in [0.25, 0.3) is 0 Å². The van der Waals surface area contributed by atoms with Gasteiger partial charge in [0.1, 0.15) is 0 Å². The van der Waals surface area contributed by atoms with Crippen molar-refractivity contribution in [2.45, 2.75) is 128 Å². The van der Waals surface area contributed by atoms with E-state index >= 15 is 0 Å². The first kappa shape index (κ1) is 29.7. The highest BCUT2D eigenvalue weighted by Crippen LogP contribution is 2.26. The summed E-state index contributed by atoms with van der Waals surface area (Å²) in [5.41, 5.74) is 2.90. The molecule has 0 fully saturated rings. The predicted molar refractivity (Wildman–Crippen MR) is 149 cm³/mol. The number of rotatable bonds is 20. The van der Waals surface area contributed by atoms with Crippen LogP contribution in [-0.2, 0) is 6.42 Å². The zero-order valence-corrected chi connectivity index (χ0v) is 22.2. The van der Waals surface area contributed by atoms with Gasteiger partial charge in [-0.05, 0) is 42.0 Å². The fourth-order valence-corrected chi connectivity index (χ4v) is 4.86. The van der Waals surface area contributed by atoms with E-state index in [4.69, 9.17) is 0 Å². The summed E-state index contributed by atoms with van der Waals surface area (Å²) in [4.78, 5) is 4.21. The van der Waals surface area contributed by atoms with Gasteiger partial charge >= 0.3 is 0 Å². The molecule has 0 radical (unpaired) electrons. The van der Waals surface area contributed by atoms with Crippen molar-refractivity contribution in [2.75, 3.05) is 0 Å². The van der Waals surface area contributed by atoms with E-state index in [9.17, 15) is 0 Å². The zero-order chi connectivity index (χ0) is 22.5. The molecule has 1 unspecified atom stereocenters. The lowest BCUT2D eigenvalue weighted by molar-refractivity contribution is 0.514. The fraction of sp³-hybridized carbons (Fsp3) is 0.645. The summed E-state index contributed by atoms with van der Waals surface area (Å²) in [7, 11) is 0. The number of hydrogen-bond donors (Lipinski definition) is 0. The van der Waals surface area contributed by atoms with Gasteiger partial charge in [-0.15, -0.1) is 12.4 Å². The molecule has 33 heavy (non-hydrogen) atoms. The van der Waals surface area contributed by atoms with Crippen LogP contribution in [0.3, 0.4) is 0 Å². The molecule has 186 valence electrons. The van der Waals surface area contributed by atoms with Gasteiger partial charge in [-0.1, -0.05) is 140 Å². The van der Waals surface area contributed by atoms with Gasteiger partial charge in [0.25, 0.3) is 0 Å². The van der Waals surface area contributed by atoms with E-state index in [1.165, 1.54) is 120 Å². The molecule has 0 bridgehead atoms. The molecule has 0 saturated heterocycles. The standard InChI is InChI=1S/C31H49N.ClH/c1-2-3-4-5-6-7-8-9-10-11-12-13-14-15-16-20-23-31(30-24-26-32-27-25-30)28-29-21-18-17-19-22-29;/h17-19,21-22,24-27,31H,2-16,20,23,28H2,1H3;1H. The number of unbranched alkanes of at least 4 members (excludes halogenated alkanes) is 15. The largest absolute Gasteiger partial charge is 0.265 e. The van der Waals surface area contributed by atoms with Gasteiger partial charge in [0.15, 0.2) is 0 Å². The lowest BCUT2D eigenvalue weighted by Gasteiger charge is -2.17. The van der Waals surface area contributed by atoms with Crippen LogP contribution in [0.2, 0.25) is 0 Å². The third-order valence-corrected chi connectivity index (χ3v) is 6.91. The van der Waals surface area contributed by atoms with Crippen LogP contribution < -0.4 is 0 Å². The third kappa shape index (κ3) is 15.2. The molecule has 0 amide bonds. The first-order chi connectivity index (χ1) is 15.9. The van der Waals surface area contributed by atoms with Crippen molar-refractivity contribution in [3.05, 3.63) is 66.0 Å². The van der Waals surface area contributed by atoms with Crippen LogP contribution in [0.15, 0.2) is 54.9 Å². The van der Waals surface area contributed by atoms with E-state index in [1.807, 2.05) is 12.4 Å². The molecule has 1 nitrogen and oxygen atoms in total. The Morgan fingerprint density at radius 3 is 1.52 bits per heavy atom. The van der Waals surface area contributed by atoms with Crippen LogP contribution in [-0.4, -0.2) is 4.98 Å². The summed E-state index contributed by atoms with van der Waals surface area (Å²) in [6.45, 7) is 2.30. The second-order valence-electron chi connectivity index (χ2n) is 9.76. The van der Waals surface area contributed by atoms with Crippen molar-refractivity contribution < 1.29 is 0 Å². The molecule has 1 atom stereocenters. The maximum Gasteiger partial charge on any atom is 0.0270 e. The Labute approximate surface area is 211 Å². The van der Waals surface area contributed by atoms with E-state index < -0.39 is 0 Å². The Balaban J connectivity index is 0.00000544. The molecule has 0 N–H and O–H groups in total. The number of nitrogens with zero attached hydrogens (tertiary/aromatic N) is 1. The topological polar surface area (TPSA) is 12.9 Å². The van der Waals surface area contributed by atoms with Crippen molar-refractivity contribution in [2.24, 2.45) is 0 Å². The summed E-state index contributed by atoms with van der Waals surface area (Å²) in [5.74, 6) is 0.618. The lowest BCUT2D eigenvalue weighted by Crippen LogP contribution is -2.03. The maximum absolute atomic E-state index is 4.21. The van der Waals surface area contributed by atoms with Gasteiger partial charge in [0.05, 0.1) is 0 Å². The monoisotopic (exact) mass is 471 g/mol. The second kappa shape index (κ2) is 21.2. The van der Waals surface area contributed by atoms with Crippen LogP contribution in [0.4, 0.5) is 0 Å². The Morgan fingerprint density at radius 1 is 0.576 bits per heavy atom. The first-order valence-electron chi connectivity index (χ1n) is 13.8. The van der Waals surface area contributed by atoms with Crippen molar-refractivity contribution in [1.29, 1.82) is 0 Å². The first-order valence-corrected chi connectivity index (χ1v) is 13.8. The zero-order valence-electron chi connectivity index (χ0n) is 21.4. The maximum atomic E-state index is 4.21. The Morgan fingerprint density at radius 2 is 1.03 bits per heavy atom. The molecule has 0 aliphatic heterocycles. The van der Waals surface area contributed by atoms with Crippen LogP contribution >= 0.6 is 12.4 Å². The highest BCUT2D eigenvalue weighted by atomic mass is 35.5. The molecule has 0 saturated carbocycles. The number of hydrogen-bond acceptors (Lipinski definition) is 1. The number of aromatic nitrogens is 1. The molecule has 0 aliphatic rings. The average Bonchev–Trinajstić information content (AvgIpc) is 2.84. The summed E-state index contributed by atoms with van der Waals surface area (Å²) in [6.07, 6.45) is 29.3. The predicted octanol–water partition coefficient (Wildman–Crippen LogP) is 10.5. The molecular formula is C31H50ClN. The molecule has 2 aromatic rings. The minimum atomic E-state index is 0. The van der Waals surface area contributed by atoms with Crippen molar-refractivity contribution in [3.63, 3.8) is 0 Å². The van der Waals surface area contributed by atoms with Crippen molar-refractivity contribution in [1.82, 2.24) is 4.98 Å². The van der Waals surface area contributed by atoms with Gasteiger partial charge in [0, 0.05) is 12.4 Å². The van der Waals surface area contributed by atoms with Gasteiger partial charge in [-0.25, -0.2) is 0 Å². The lowest BCUT2D eigenvalue weighted by atomic mass is 9.88. The normalized spacial score (nSPS) is 11.8. The van der Waals surface area contributed by atoms with Gasteiger partial charge in [-0.2, -0.15) is 0 Å². The molecule has 2 heteroatoms. The minimum Gasteiger partial charge on any atom is -0.265 e. The molecule has 0 spiro atoms. The summed E-state index contributed by atoms with van der Waals surface area (Å²) >= 11 is 0. The Kier molecular flexibility index (Phi) is 19.1. The number of pyridine rings is 1. The smallest absolute Gasteiger partial charge is 0.0270 e. The molecule has 1 aromatic carbocycles. The van der Waals surface area contributed by atoms with E-state index in [0.29, 0.717) is 5.92 Å². The van der Waals surface area contributed by atoms with Gasteiger partial charge < -0.3 is 0 Å². The van der Waals surface area contributed by atoms with Crippen molar-refractivity contribution in [3.8, 4) is 0 Å². The second-order valence-corrected chi connectivity index (χ2v) is 9.76. The average molecular weight is 472 g/mol.